The molecule has 0 aromatic heterocycles. The summed E-state index contributed by atoms with van der Waals surface area (Å²) in [6.07, 6.45) is 23.8. The molecule has 0 radical (unpaired) electrons. The Morgan fingerprint density at radius 1 is 0.325 bits per heavy atom. The maximum Gasteiger partial charge on any atom is 0.0537 e. The monoisotopic (exact) mass is 571 g/mol. The predicted octanol–water partition coefficient (Wildman–Crippen LogP) is 9.60. The molecule has 8 unspecified atom stereocenters. The number of aliphatic hydroxyl groups excluding tert-OH is 4. The number of hydrogen-bond donors (Lipinski definition) is 4. The molecule has 0 amide bonds. The number of hydrogen-bond acceptors (Lipinski definition) is 4. The van der Waals surface area contributed by atoms with Gasteiger partial charge < -0.3 is 20.4 Å². The molecule has 4 heteroatoms. The lowest BCUT2D eigenvalue weighted by molar-refractivity contribution is 0.144. The molecule has 0 aliphatic carbocycles. The molecule has 0 spiro atoms. The molecule has 0 bridgehead atoms. The summed E-state index contributed by atoms with van der Waals surface area (Å²) in [4.78, 5) is 0. The van der Waals surface area contributed by atoms with Gasteiger partial charge in [-0.3, -0.25) is 0 Å². The maximum absolute atomic E-state index is 10.0. The molecule has 4 nitrogen and oxygen atoms in total. The Kier molecular flexibility index (Phi) is 26.4. The van der Waals surface area contributed by atoms with Gasteiger partial charge in [-0.1, -0.05) is 131 Å². The molecule has 0 aromatic rings. The fourth-order valence-electron chi connectivity index (χ4n) is 6.46. The normalized spacial score (nSPS) is 18.1. The molecule has 4 N–H and O–H groups in total. The first-order chi connectivity index (χ1) is 19.2. The van der Waals surface area contributed by atoms with Gasteiger partial charge in [0, 0.05) is 0 Å². The quantitative estimate of drug-likeness (QED) is 0.0675. The van der Waals surface area contributed by atoms with Crippen LogP contribution in [-0.4, -0.2) is 44.8 Å². The van der Waals surface area contributed by atoms with Crippen LogP contribution in [0.5, 0.6) is 0 Å². The van der Waals surface area contributed by atoms with E-state index >= 15 is 0 Å². The van der Waals surface area contributed by atoms with Crippen molar-refractivity contribution in [2.75, 3.05) is 0 Å². The third-order valence-electron chi connectivity index (χ3n) is 10.0. The molecule has 0 heterocycles. The van der Waals surface area contributed by atoms with Crippen LogP contribution in [-0.2, 0) is 0 Å². The van der Waals surface area contributed by atoms with E-state index in [2.05, 4.69) is 41.5 Å². The first-order valence-corrected chi connectivity index (χ1v) is 17.9. The van der Waals surface area contributed by atoms with Crippen molar-refractivity contribution in [2.45, 2.75) is 207 Å². The van der Waals surface area contributed by atoms with E-state index in [4.69, 9.17) is 0 Å². The second kappa shape index (κ2) is 26.5. The van der Waals surface area contributed by atoms with Crippen molar-refractivity contribution in [3.63, 3.8) is 0 Å². The van der Waals surface area contributed by atoms with E-state index < -0.39 is 0 Å². The zero-order chi connectivity index (χ0) is 30.2. The van der Waals surface area contributed by atoms with E-state index in [1.807, 2.05) is 0 Å². The van der Waals surface area contributed by atoms with Crippen LogP contribution in [0.1, 0.15) is 183 Å². The van der Waals surface area contributed by atoms with Crippen LogP contribution in [0.4, 0.5) is 0 Å². The average molecular weight is 571 g/mol. The lowest BCUT2D eigenvalue weighted by Crippen LogP contribution is -2.15. The minimum absolute atomic E-state index is 0.142. The van der Waals surface area contributed by atoms with Gasteiger partial charge in [0.1, 0.15) is 0 Å². The number of rotatable bonds is 29. The highest BCUT2D eigenvalue weighted by Gasteiger charge is 2.20. The molecule has 40 heavy (non-hydrogen) atoms. The zero-order valence-electron chi connectivity index (χ0n) is 28.0. The molecular formula is C36H74O4. The maximum atomic E-state index is 10.0. The smallest absolute Gasteiger partial charge is 0.0537 e. The van der Waals surface area contributed by atoms with Crippen LogP contribution in [0.3, 0.4) is 0 Å². The van der Waals surface area contributed by atoms with Crippen molar-refractivity contribution in [2.24, 2.45) is 23.7 Å². The first kappa shape index (κ1) is 39.8. The summed E-state index contributed by atoms with van der Waals surface area (Å²) in [5.41, 5.74) is 0. The van der Waals surface area contributed by atoms with E-state index in [1.165, 1.54) is 64.2 Å². The molecule has 242 valence electrons. The van der Waals surface area contributed by atoms with Gasteiger partial charge in [0.15, 0.2) is 0 Å². The minimum atomic E-state index is -0.145. The molecule has 0 aliphatic rings. The standard InChI is InChI=1S/C36H74O4/c1-7-33(37)25-15-19-29(5)31(23-17-27-35(39)9-3)21-13-11-12-14-22-32(24-18-28-36(40)10-4)30(6)20-16-26-34(38)8-2/h29-40H,7-28H2,1-6H3. The summed E-state index contributed by atoms with van der Waals surface area (Å²) in [7, 11) is 0. The summed E-state index contributed by atoms with van der Waals surface area (Å²) >= 11 is 0. The van der Waals surface area contributed by atoms with Crippen LogP contribution in [0.15, 0.2) is 0 Å². The molecule has 0 aliphatic heterocycles. The molecule has 8 atom stereocenters. The van der Waals surface area contributed by atoms with Gasteiger partial charge in [-0.2, -0.15) is 0 Å². The molecule has 0 rings (SSSR count). The van der Waals surface area contributed by atoms with Crippen LogP contribution < -0.4 is 0 Å². The highest BCUT2D eigenvalue weighted by atomic mass is 16.3. The van der Waals surface area contributed by atoms with Gasteiger partial charge >= 0.3 is 0 Å². The second-order valence-electron chi connectivity index (χ2n) is 13.4. The summed E-state index contributed by atoms with van der Waals surface area (Å²) in [6, 6.07) is 0. The van der Waals surface area contributed by atoms with Crippen LogP contribution in [0, 0.1) is 23.7 Å². The summed E-state index contributed by atoms with van der Waals surface area (Å²) in [5.74, 6) is 2.86. The Balaban J connectivity index is 4.63. The summed E-state index contributed by atoms with van der Waals surface area (Å²) < 4.78 is 0. The largest absolute Gasteiger partial charge is 0.393 e. The van der Waals surface area contributed by atoms with E-state index in [0.717, 1.165) is 88.9 Å². The second-order valence-corrected chi connectivity index (χ2v) is 13.4. The number of aliphatic hydroxyl groups is 4. The van der Waals surface area contributed by atoms with Crippen molar-refractivity contribution >= 4 is 0 Å². The van der Waals surface area contributed by atoms with Crippen molar-refractivity contribution in [1.29, 1.82) is 0 Å². The van der Waals surface area contributed by atoms with Crippen molar-refractivity contribution in [3.8, 4) is 0 Å². The first-order valence-electron chi connectivity index (χ1n) is 17.9. The average Bonchev–Trinajstić information content (AvgIpc) is 2.95. The molecule has 0 saturated carbocycles. The van der Waals surface area contributed by atoms with Crippen LogP contribution in [0.25, 0.3) is 0 Å². The topological polar surface area (TPSA) is 80.9 Å². The lowest BCUT2D eigenvalue weighted by atomic mass is 9.80. The minimum Gasteiger partial charge on any atom is -0.393 e. The van der Waals surface area contributed by atoms with Gasteiger partial charge in [-0.15, -0.1) is 0 Å². The van der Waals surface area contributed by atoms with Gasteiger partial charge in [0.2, 0.25) is 0 Å². The Hall–Kier alpha value is -0.160. The zero-order valence-corrected chi connectivity index (χ0v) is 28.0. The molecule has 0 saturated heterocycles. The number of unbranched alkanes of at least 4 members (excludes halogenated alkanes) is 3. The molecule has 0 fully saturated rings. The summed E-state index contributed by atoms with van der Waals surface area (Å²) in [5, 5.41) is 39.9. The third kappa shape index (κ3) is 21.5. The SMILES string of the molecule is CCC(O)CCCC(C)C(CCCCCCC(CCCC(O)CC)C(C)CCCC(O)CC)CCCC(O)CC. The van der Waals surface area contributed by atoms with E-state index in [0.29, 0.717) is 11.8 Å². The molecule has 0 aromatic carbocycles. The van der Waals surface area contributed by atoms with Crippen molar-refractivity contribution in [3.05, 3.63) is 0 Å². The Bertz CT molecular complexity index is 481. The van der Waals surface area contributed by atoms with Crippen LogP contribution >= 0.6 is 0 Å². The predicted molar refractivity (Wildman–Crippen MR) is 174 cm³/mol. The third-order valence-corrected chi connectivity index (χ3v) is 10.0. The highest BCUT2D eigenvalue weighted by Crippen LogP contribution is 2.31. The van der Waals surface area contributed by atoms with Gasteiger partial charge in [0.05, 0.1) is 24.4 Å². The summed E-state index contributed by atoms with van der Waals surface area (Å²) in [6.45, 7) is 13.1. The fraction of sp³-hybridized carbons (Fsp3) is 1.00. The van der Waals surface area contributed by atoms with Gasteiger partial charge in [-0.25, -0.2) is 0 Å². The molecular weight excluding hydrogens is 496 g/mol. The van der Waals surface area contributed by atoms with Gasteiger partial charge in [0.25, 0.3) is 0 Å². The van der Waals surface area contributed by atoms with Crippen LogP contribution in [0.2, 0.25) is 0 Å². The Morgan fingerprint density at radius 2 is 0.575 bits per heavy atom. The Morgan fingerprint density at radius 3 is 0.850 bits per heavy atom. The van der Waals surface area contributed by atoms with E-state index in [9.17, 15) is 20.4 Å². The van der Waals surface area contributed by atoms with Crippen molar-refractivity contribution < 1.29 is 20.4 Å². The van der Waals surface area contributed by atoms with E-state index in [1.54, 1.807) is 0 Å². The lowest BCUT2D eigenvalue weighted by Gasteiger charge is -2.26. The van der Waals surface area contributed by atoms with Gasteiger partial charge in [-0.05, 0) is 75.0 Å². The van der Waals surface area contributed by atoms with E-state index in [-0.39, 0.29) is 24.4 Å². The van der Waals surface area contributed by atoms with Crippen molar-refractivity contribution in [1.82, 2.24) is 0 Å². The fourth-order valence-corrected chi connectivity index (χ4v) is 6.46. The highest BCUT2D eigenvalue weighted by molar-refractivity contribution is 4.72. The Labute approximate surface area is 251 Å².